The molecule has 0 aromatic carbocycles. The summed E-state index contributed by atoms with van der Waals surface area (Å²) < 4.78 is 34.1. The first kappa shape index (κ1) is 8.93. The molecule has 0 saturated heterocycles. The van der Waals surface area contributed by atoms with Gasteiger partial charge < -0.3 is 11.1 Å². The summed E-state index contributed by atoms with van der Waals surface area (Å²) in [5, 5.41) is 6.24. The molecule has 0 radical (unpaired) electrons. The van der Waals surface area contributed by atoms with E-state index in [-0.39, 0.29) is 0 Å². The molecule has 0 atom stereocenters. The van der Waals surface area contributed by atoms with E-state index in [9.17, 15) is 18.0 Å². The van der Waals surface area contributed by atoms with Crippen molar-refractivity contribution in [2.75, 3.05) is 0 Å². The van der Waals surface area contributed by atoms with Crippen molar-refractivity contribution in [3.8, 4) is 0 Å². The van der Waals surface area contributed by atoms with Gasteiger partial charge in [-0.1, -0.05) is 0 Å². The first-order chi connectivity index (χ1) is 4.34. The van der Waals surface area contributed by atoms with Gasteiger partial charge in [0.1, 0.15) is 5.71 Å². The Morgan fingerprint density at radius 3 is 2.00 bits per heavy atom. The van der Waals surface area contributed by atoms with Crippen LogP contribution in [0.3, 0.4) is 0 Å². The van der Waals surface area contributed by atoms with E-state index in [4.69, 9.17) is 5.41 Å². The number of nitrogens with one attached hydrogen (secondary N) is 1. The molecule has 0 rings (SSSR count). The molecule has 0 heterocycles. The molecule has 0 aliphatic heterocycles. The van der Waals surface area contributed by atoms with Gasteiger partial charge in [-0.05, 0) is 0 Å². The molecular weight excluding hydrogens is 149 g/mol. The van der Waals surface area contributed by atoms with E-state index in [0.717, 1.165) is 0 Å². The minimum atomic E-state index is -4.73. The van der Waals surface area contributed by atoms with Crippen LogP contribution in [-0.4, -0.2) is 17.8 Å². The first-order valence-electron chi connectivity index (χ1n) is 2.27. The fraction of sp³-hybridized carbons (Fsp3) is 0.500. The van der Waals surface area contributed by atoms with E-state index >= 15 is 0 Å². The van der Waals surface area contributed by atoms with E-state index in [1.807, 2.05) is 0 Å². The van der Waals surface area contributed by atoms with Crippen molar-refractivity contribution in [2.24, 2.45) is 5.73 Å². The lowest BCUT2D eigenvalue weighted by molar-refractivity contribution is -0.118. The molecule has 3 nitrogen and oxygen atoms in total. The van der Waals surface area contributed by atoms with E-state index < -0.39 is 24.2 Å². The average molecular weight is 154 g/mol. The molecule has 0 aliphatic rings. The third-order valence-corrected chi connectivity index (χ3v) is 0.693. The van der Waals surface area contributed by atoms with Crippen LogP contribution in [0.1, 0.15) is 6.42 Å². The van der Waals surface area contributed by atoms with Crippen molar-refractivity contribution in [1.82, 2.24) is 0 Å². The van der Waals surface area contributed by atoms with Gasteiger partial charge >= 0.3 is 6.18 Å². The Labute approximate surface area is 54.5 Å². The molecule has 0 aliphatic carbocycles. The molecule has 0 fully saturated rings. The molecule has 0 unspecified atom stereocenters. The summed E-state index contributed by atoms with van der Waals surface area (Å²) in [6.07, 6.45) is -5.78. The average Bonchev–Trinajstić information content (AvgIpc) is 1.60. The van der Waals surface area contributed by atoms with Crippen molar-refractivity contribution in [1.29, 1.82) is 5.41 Å². The van der Waals surface area contributed by atoms with Crippen LogP contribution in [0.25, 0.3) is 0 Å². The van der Waals surface area contributed by atoms with Crippen LogP contribution in [-0.2, 0) is 4.79 Å². The lowest BCUT2D eigenvalue weighted by atomic mass is 10.2. The summed E-state index contributed by atoms with van der Waals surface area (Å²) in [5.41, 5.74) is 2.80. The summed E-state index contributed by atoms with van der Waals surface area (Å²) in [4.78, 5) is 9.84. The van der Waals surface area contributed by atoms with Gasteiger partial charge in [0.2, 0.25) is 5.91 Å². The molecular formula is C4H5F3N2O. The molecule has 0 bridgehead atoms. The van der Waals surface area contributed by atoms with Crippen molar-refractivity contribution >= 4 is 11.6 Å². The topological polar surface area (TPSA) is 66.9 Å². The third-order valence-electron chi connectivity index (χ3n) is 0.693. The number of carbonyl (C=O) groups is 1. The van der Waals surface area contributed by atoms with Gasteiger partial charge in [0.15, 0.2) is 0 Å². The quantitative estimate of drug-likeness (QED) is 0.557. The second-order valence-electron chi connectivity index (χ2n) is 1.62. The highest BCUT2D eigenvalue weighted by Gasteiger charge is 2.34. The number of hydrogen-bond acceptors (Lipinski definition) is 2. The lowest BCUT2D eigenvalue weighted by Gasteiger charge is -2.04. The monoisotopic (exact) mass is 154 g/mol. The van der Waals surface area contributed by atoms with Crippen LogP contribution in [0.4, 0.5) is 13.2 Å². The number of carbonyl (C=O) groups excluding carboxylic acids is 1. The number of halogens is 3. The molecule has 0 aromatic rings. The second-order valence-corrected chi connectivity index (χ2v) is 1.62. The first-order valence-corrected chi connectivity index (χ1v) is 2.27. The summed E-state index contributed by atoms with van der Waals surface area (Å²) >= 11 is 0. The van der Waals surface area contributed by atoms with Crippen LogP contribution < -0.4 is 5.73 Å². The van der Waals surface area contributed by atoms with Gasteiger partial charge in [-0.3, -0.25) is 4.79 Å². The van der Waals surface area contributed by atoms with Crippen molar-refractivity contribution in [3.63, 3.8) is 0 Å². The van der Waals surface area contributed by atoms with Crippen LogP contribution in [0.5, 0.6) is 0 Å². The maximum absolute atomic E-state index is 11.4. The SMILES string of the molecule is N=C(CC(N)=O)C(F)(F)F. The zero-order valence-electron chi connectivity index (χ0n) is 4.83. The predicted octanol–water partition coefficient (Wildman–Crippen LogP) is 0.444. The van der Waals surface area contributed by atoms with E-state index in [2.05, 4.69) is 5.73 Å². The molecule has 1 amide bonds. The molecule has 58 valence electrons. The van der Waals surface area contributed by atoms with Crippen LogP contribution in [0, 0.1) is 5.41 Å². The highest BCUT2D eigenvalue weighted by molar-refractivity contribution is 6.01. The van der Waals surface area contributed by atoms with Gasteiger partial charge in [-0.25, -0.2) is 0 Å². The van der Waals surface area contributed by atoms with Crippen molar-refractivity contribution < 1.29 is 18.0 Å². The normalized spacial score (nSPS) is 11.1. The molecule has 3 N–H and O–H groups in total. The maximum Gasteiger partial charge on any atom is 0.429 e. The lowest BCUT2D eigenvalue weighted by Crippen LogP contribution is -2.27. The zero-order chi connectivity index (χ0) is 8.36. The number of rotatable bonds is 2. The number of hydrogen-bond donors (Lipinski definition) is 2. The maximum atomic E-state index is 11.4. The smallest absolute Gasteiger partial charge is 0.369 e. The Bertz CT molecular complexity index is 162. The van der Waals surface area contributed by atoms with E-state index in [0.29, 0.717) is 0 Å². The molecule has 0 spiro atoms. The largest absolute Gasteiger partial charge is 0.429 e. The number of nitrogens with two attached hydrogens (primary N) is 1. The highest BCUT2D eigenvalue weighted by atomic mass is 19.4. The van der Waals surface area contributed by atoms with E-state index in [1.54, 1.807) is 0 Å². The Morgan fingerprint density at radius 2 is 1.90 bits per heavy atom. The zero-order valence-corrected chi connectivity index (χ0v) is 4.83. The molecule has 0 saturated carbocycles. The van der Waals surface area contributed by atoms with Gasteiger partial charge in [-0.2, -0.15) is 13.2 Å². The molecule has 6 heteroatoms. The van der Waals surface area contributed by atoms with Gasteiger partial charge in [0, 0.05) is 0 Å². The predicted molar refractivity (Wildman–Crippen MR) is 27.6 cm³/mol. The Balaban J connectivity index is 3.99. The summed E-state index contributed by atoms with van der Waals surface area (Å²) in [7, 11) is 0. The van der Waals surface area contributed by atoms with Crippen molar-refractivity contribution in [3.05, 3.63) is 0 Å². The Kier molecular flexibility index (Phi) is 2.39. The fourth-order valence-corrected chi connectivity index (χ4v) is 0.274. The highest BCUT2D eigenvalue weighted by Crippen LogP contribution is 2.17. The van der Waals surface area contributed by atoms with Crippen LogP contribution >= 0.6 is 0 Å². The number of alkyl halides is 3. The Hall–Kier alpha value is -1.07. The van der Waals surface area contributed by atoms with Gasteiger partial charge in [-0.15, -0.1) is 0 Å². The standard InChI is InChI=1S/C4H5F3N2O/c5-4(6,7)2(8)1-3(9)10/h8H,1H2,(H2,9,10). The summed E-state index contributed by atoms with van der Waals surface area (Å²) in [6, 6.07) is 0. The number of primary amides is 1. The van der Waals surface area contributed by atoms with Gasteiger partial charge in [0.25, 0.3) is 0 Å². The van der Waals surface area contributed by atoms with Crippen LogP contribution in [0.15, 0.2) is 0 Å². The second kappa shape index (κ2) is 2.68. The summed E-state index contributed by atoms with van der Waals surface area (Å²) in [6.45, 7) is 0. The van der Waals surface area contributed by atoms with E-state index in [1.165, 1.54) is 0 Å². The van der Waals surface area contributed by atoms with Crippen LogP contribution in [0.2, 0.25) is 0 Å². The molecule has 0 aromatic heterocycles. The molecule has 10 heavy (non-hydrogen) atoms. The minimum absolute atomic E-state index is 1.05. The fourth-order valence-electron chi connectivity index (χ4n) is 0.274. The third kappa shape index (κ3) is 3.06. The van der Waals surface area contributed by atoms with Gasteiger partial charge in [0.05, 0.1) is 6.42 Å². The Morgan fingerprint density at radius 1 is 1.50 bits per heavy atom. The minimum Gasteiger partial charge on any atom is -0.369 e. The van der Waals surface area contributed by atoms with Crippen molar-refractivity contribution in [2.45, 2.75) is 12.6 Å². The number of amides is 1. The summed E-state index contributed by atoms with van der Waals surface area (Å²) in [5.74, 6) is -1.15.